The molecule has 0 saturated carbocycles. The van der Waals surface area contributed by atoms with Crippen molar-refractivity contribution in [1.82, 2.24) is 19.9 Å². The third kappa shape index (κ3) is 3.78. The number of anilines is 1. The first-order valence-corrected chi connectivity index (χ1v) is 7.71. The van der Waals surface area contributed by atoms with Crippen molar-refractivity contribution >= 4 is 29.1 Å². The highest BCUT2D eigenvalue weighted by molar-refractivity contribution is 6.34. The second kappa shape index (κ2) is 7.19. The minimum atomic E-state index is -0.595. The van der Waals surface area contributed by atoms with E-state index in [1.807, 2.05) is 0 Å². The lowest BCUT2D eigenvalue weighted by Gasteiger charge is -2.07. The minimum Gasteiger partial charge on any atom is -0.290 e. The first kappa shape index (κ1) is 17.4. The summed E-state index contributed by atoms with van der Waals surface area (Å²) in [4.78, 5) is 39.1. The van der Waals surface area contributed by atoms with Crippen molar-refractivity contribution in [2.24, 2.45) is 0 Å². The molecule has 9 nitrogen and oxygen atoms in total. The van der Waals surface area contributed by atoms with Gasteiger partial charge in [-0.1, -0.05) is 17.7 Å². The van der Waals surface area contributed by atoms with E-state index in [2.05, 4.69) is 25.3 Å². The number of nitro groups is 1. The number of aryl methyl sites for hydroxylation is 1. The molecule has 26 heavy (non-hydrogen) atoms. The lowest BCUT2D eigenvalue weighted by molar-refractivity contribution is -0.384. The fraction of sp³-hybridized carbons (Fsp3) is 0.0625. The fourth-order valence-corrected chi connectivity index (χ4v) is 2.38. The Bertz CT molecular complexity index is 997. The molecule has 2 heterocycles. The molecule has 0 aliphatic heterocycles. The summed E-state index contributed by atoms with van der Waals surface area (Å²) >= 11 is 5.96. The monoisotopic (exact) mass is 370 g/mol. The zero-order chi connectivity index (χ0) is 18.7. The molecule has 0 aliphatic rings. The number of aromatic nitrogens is 4. The zero-order valence-electron chi connectivity index (χ0n) is 13.4. The number of rotatable bonds is 4. The number of carbonyl (C=O) groups excluding carboxylic acids is 1. The Labute approximate surface area is 152 Å². The molecule has 3 aromatic rings. The number of amides is 1. The van der Waals surface area contributed by atoms with Crippen molar-refractivity contribution < 1.29 is 9.72 Å². The molecule has 3 rings (SSSR count). The van der Waals surface area contributed by atoms with Crippen LogP contribution in [0.1, 0.15) is 16.2 Å². The maximum Gasteiger partial charge on any atom is 0.270 e. The molecule has 0 fully saturated rings. The largest absolute Gasteiger partial charge is 0.290 e. The van der Waals surface area contributed by atoms with Crippen molar-refractivity contribution in [3.8, 4) is 11.5 Å². The SMILES string of the molecule is Cc1nc(NC(=O)c2ccc([N+](=O)[O-])cc2Cl)nc(-c2ccccn2)n1. The summed E-state index contributed by atoms with van der Waals surface area (Å²) in [6.07, 6.45) is 1.60. The molecule has 0 radical (unpaired) electrons. The van der Waals surface area contributed by atoms with Crippen LogP contribution in [-0.2, 0) is 0 Å². The minimum absolute atomic E-state index is 0.0255. The zero-order valence-corrected chi connectivity index (χ0v) is 14.1. The Morgan fingerprint density at radius 3 is 2.65 bits per heavy atom. The molecule has 0 aliphatic carbocycles. The normalized spacial score (nSPS) is 10.4. The van der Waals surface area contributed by atoms with Crippen LogP contribution in [-0.4, -0.2) is 30.8 Å². The summed E-state index contributed by atoms with van der Waals surface area (Å²) < 4.78 is 0. The number of hydrogen-bond donors (Lipinski definition) is 1. The van der Waals surface area contributed by atoms with E-state index in [4.69, 9.17) is 11.6 Å². The third-order valence-electron chi connectivity index (χ3n) is 3.27. The Hall–Kier alpha value is -3.46. The van der Waals surface area contributed by atoms with Crippen LogP contribution in [0.5, 0.6) is 0 Å². The van der Waals surface area contributed by atoms with Crippen LogP contribution in [0.25, 0.3) is 11.5 Å². The first-order chi connectivity index (χ1) is 12.4. The van der Waals surface area contributed by atoms with Crippen LogP contribution in [0, 0.1) is 17.0 Å². The molecule has 130 valence electrons. The van der Waals surface area contributed by atoms with Crippen LogP contribution in [0.15, 0.2) is 42.6 Å². The molecule has 10 heteroatoms. The molecule has 1 amide bonds. The summed E-state index contributed by atoms with van der Waals surface area (Å²) in [7, 11) is 0. The van der Waals surface area contributed by atoms with E-state index >= 15 is 0 Å². The Kier molecular flexibility index (Phi) is 4.81. The van der Waals surface area contributed by atoms with Gasteiger partial charge in [0.25, 0.3) is 11.6 Å². The van der Waals surface area contributed by atoms with Gasteiger partial charge in [-0.05, 0) is 25.1 Å². The first-order valence-electron chi connectivity index (χ1n) is 7.33. The Morgan fingerprint density at radius 2 is 2.00 bits per heavy atom. The number of nitro benzene ring substituents is 1. The molecule has 0 bridgehead atoms. The highest BCUT2D eigenvalue weighted by Gasteiger charge is 2.17. The standard InChI is InChI=1S/C16H11ClN6O3/c1-9-19-14(13-4-2-3-7-18-13)21-16(20-9)22-15(24)11-6-5-10(23(25)26)8-12(11)17/h2-8H,1H3,(H,19,20,21,22,24). The van der Waals surface area contributed by atoms with Gasteiger partial charge in [-0.2, -0.15) is 9.97 Å². The van der Waals surface area contributed by atoms with E-state index < -0.39 is 10.8 Å². The van der Waals surface area contributed by atoms with Gasteiger partial charge < -0.3 is 0 Å². The molecule has 1 N–H and O–H groups in total. The predicted molar refractivity (Wildman–Crippen MR) is 93.9 cm³/mol. The molecule has 0 atom stereocenters. The van der Waals surface area contributed by atoms with Crippen molar-refractivity contribution in [3.05, 3.63) is 69.1 Å². The number of hydrogen-bond acceptors (Lipinski definition) is 7. The lowest BCUT2D eigenvalue weighted by atomic mass is 10.2. The number of nitrogens with zero attached hydrogens (tertiary/aromatic N) is 5. The van der Waals surface area contributed by atoms with E-state index in [0.717, 1.165) is 6.07 Å². The number of nitrogens with one attached hydrogen (secondary N) is 1. The number of non-ortho nitro benzene ring substituents is 1. The quantitative estimate of drug-likeness (QED) is 0.552. The molecule has 0 spiro atoms. The maximum absolute atomic E-state index is 12.4. The third-order valence-corrected chi connectivity index (χ3v) is 3.59. The smallest absolute Gasteiger partial charge is 0.270 e. The van der Waals surface area contributed by atoms with E-state index in [0.29, 0.717) is 17.3 Å². The van der Waals surface area contributed by atoms with Gasteiger partial charge in [0, 0.05) is 18.3 Å². The lowest BCUT2D eigenvalue weighted by Crippen LogP contribution is -2.16. The molecule has 1 aromatic carbocycles. The van der Waals surface area contributed by atoms with Gasteiger partial charge in [-0.3, -0.25) is 25.2 Å². The summed E-state index contributed by atoms with van der Waals surface area (Å²) in [5.41, 5.74) is 0.386. The molecule has 0 unspecified atom stereocenters. The van der Waals surface area contributed by atoms with Gasteiger partial charge in [-0.25, -0.2) is 4.98 Å². The predicted octanol–water partition coefficient (Wildman–Crippen LogP) is 3.06. The van der Waals surface area contributed by atoms with Crippen LogP contribution >= 0.6 is 11.6 Å². The van der Waals surface area contributed by atoms with Crippen molar-refractivity contribution in [1.29, 1.82) is 0 Å². The van der Waals surface area contributed by atoms with Crippen molar-refractivity contribution in [3.63, 3.8) is 0 Å². The van der Waals surface area contributed by atoms with E-state index in [1.165, 1.54) is 12.1 Å². The van der Waals surface area contributed by atoms with Gasteiger partial charge >= 0.3 is 0 Å². The Balaban J connectivity index is 1.88. The van der Waals surface area contributed by atoms with E-state index in [9.17, 15) is 14.9 Å². The van der Waals surface area contributed by atoms with Crippen molar-refractivity contribution in [2.75, 3.05) is 5.32 Å². The fourth-order valence-electron chi connectivity index (χ4n) is 2.12. The molecule has 2 aromatic heterocycles. The van der Waals surface area contributed by atoms with E-state index in [-0.39, 0.29) is 22.2 Å². The highest BCUT2D eigenvalue weighted by Crippen LogP contribution is 2.23. The molecule has 0 saturated heterocycles. The second-order valence-electron chi connectivity index (χ2n) is 5.12. The van der Waals surface area contributed by atoms with Crippen LogP contribution in [0.3, 0.4) is 0 Å². The molecular formula is C16H11ClN6O3. The summed E-state index contributed by atoms with van der Waals surface area (Å²) in [5, 5.41) is 13.2. The number of carbonyl (C=O) groups is 1. The van der Waals surface area contributed by atoms with E-state index in [1.54, 1.807) is 31.3 Å². The van der Waals surface area contributed by atoms with Gasteiger partial charge in [-0.15, -0.1) is 0 Å². The van der Waals surface area contributed by atoms with Gasteiger partial charge in [0.2, 0.25) is 5.95 Å². The summed E-state index contributed by atoms with van der Waals surface area (Å²) in [6.45, 7) is 1.66. The average molecular weight is 371 g/mol. The van der Waals surface area contributed by atoms with Crippen LogP contribution < -0.4 is 5.32 Å². The summed E-state index contributed by atoms with van der Waals surface area (Å²) in [5.74, 6) is 0.133. The van der Waals surface area contributed by atoms with Crippen LogP contribution in [0.4, 0.5) is 11.6 Å². The average Bonchev–Trinajstić information content (AvgIpc) is 2.61. The van der Waals surface area contributed by atoms with Gasteiger partial charge in [0.1, 0.15) is 11.5 Å². The topological polar surface area (TPSA) is 124 Å². The Morgan fingerprint density at radius 1 is 1.19 bits per heavy atom. The molecular weight excluding hydrogens is 360 g/mol. The van der Waals surface area contributed by atoms with Gasteiger partial charge in [0.05, 0.1) is 15.5 Å². The van der Waals surface area contributed by atoms with Crippen LogP contribution in [0.2, 0.25) is 5.02 Å². The summed E-state index contributed by atoms with van der Waals surface area (Å²) in [6, 6.07) is 8.84. The highest BCUT2D eigenvalue weighted by atomic mass is 35.5. The van der Waals surface area contributed by atoms with Crippen molar-refractivity contribution in [2.45, 2.75) is 6.92 Å². The second-order valence-corrected chi connectivity index (χ2v) is 5.53. The number of benzene rings is 1. The van der Waals surface area contributed by atoms with Gasteiger partial charge in [0.15, 0.2) is 5.82 Å². The number of pyridine rings is 1. The number of halogens is 1. The maximum atomic E-state index is 12.4.